The van der Waals surface area contributed by atoms with E-state index in [1.165, 1.54) is 24.1 Å². The van der Waals surface area contributed by atoms with Gasteiger partial charge in [-0.3, -0.25) is 4.99 Å². The Kier molecular flexibility index (Phi) is 7.11. The smallest absolute Gasteiger partial charge is 0.0467 e. The van der Waals surface area contributed by atoms with Crippen LogP contribution in [-0.2, 0) is 0 Å². The lowest BCUT2D eigenvalue weighted by atomic mass is 9.56. The van der Waals surface area contributed by atoms with Crippen molar-refractivity contribution in [1.29, 1.82) is 0 Å². The molecule has 0 aromatic heterocycles. The maximum atomic E-state index is 4.97. The molecule has 0 radical (unpaired) electrons. The third kappa shape index (κ3) is 4.39. The highest BCUT2D eigenvalue weighted by Gasteiger charge is 2.45. The van der Waals surface area contributed by atoms with Crippen LogP contribution in [0.25, 0.3) is 0 Å². The Hall–Kier alpha value is -1.37. The van der Waals surface area contributed by atoms with Crippen molar-refractivity contribution in [3.63, 3.8) is 0 Å². The van der Waals surface area contributed by atoms with Crippen molar-refractivity contribution in [2.24, 2.45) is 33.6 Å². The molecule has 0 spiro atoms. The molecule has 0 heterocycles. The molecule has 1 nitrogen and oxygen atoms in total. The summed E-state index contributed by atoms with van der Waals surface area (Å²) in [6.45, 7) is 18.8. The highest BCUT2D eigenvalue weighted by molar-refractivity contribution is 6.03. The third-order valence-corrected chi connectivity index (χ3v) is 7.21. The molecule has 2 bridgehead atoms. The molecule has 3 rings (SSSR count). The fraction of sp³-hybridized carbons (Fsp3) is 0.654. The van der Waals surface area contributed by atoms with Crippen LogP contribution in [0.5, 0.6) is 0 Å². The molecule has 4 unspecified atom stereocenters. The first-order chi connectivity index (χ1) is 12.7. The van der Waals surface area contributed by atoms with E-state index in [9.17, 15) is 0 Å². The maximum Gasteiger partial charge on any atom is 0.0467 e. The Labute approximate surface area is 168 Å². The summed E-state index contributed by atoms with van der Waals surface area (Å²) in [5.74, 6) is 1.61. The molecule has 3 aliphatic rings. The lowest BCUT2D eigenvalue weighted by Gasteiger charge is -2.48. The van der Waals surface area contributed by atoms with E-state index in [4.69, 9.17) is 4.99 Å². The Balaban J connectivity index is 2.65. The van der Waals surface area contributed by atoms with E-state index < -0.39 is 0 Å². The summed E-state index contributed by atoms with van der Waals surface area (Å²) in [6, 6.07) is 0. The Bertz CT molecular complexity index is 670. The molecule has 3 aliphatic carbocycles. The minimum atomic E-state index is 0.153. The van der Waals surface area contributed by atoms with Crippen LogP contribution in [0.1, 0.15) is 81.1 Å². The zero-order valence-electron chi connectivity index (χ0n) is 19.0. The summed E-state index contributed by atoms with van der Waals surface area (Å²) < 4.78 is 0. The van der Waals surface area contributed by atoms with Crippen LogP contribution >= 0.6 is 0 Å². The molecule has 4 atom stereocenters. The van der Waals surface area contributed by atoms with Gasteiger partial charge in [0.05, 0.1) is 0 Å². The molecule has 1 fully saturated rings. The van der Waals surface area contributed by atoms with Gasteiger partial charge in [-0.1, -0.05) is 90.8 Å². The maximum absolute atomic E-state index is 4.97. The molecular formula is C26H41N. The first kappa shape index (κ1) is 21.9. The van der Waals surface area contributed by atoms with Gasteiger partial charge in [-0.25, -0.2) is 0 Å². The summed E-state index contributed by atoms with van der Waals surface area (Å²) in [6.07, 6.45) is 18.4. The van der Waals surface area contributed by atoms with Gasteiger partial charge in [0.15, 0.2) is 0 Å². The van der Waals surface area contributed by atoms with Crippen LogP contribution in [0.3, 0.4) is 0 Å². The monoisotopic (exact) mass is 367 g/mol. The van der Waals surface area contributed by atoms with Gasteiger partial charge in [0.2, 0.25) is 0 Å². The lowest BCUT2D eigenvalue weighted by Crippen LogP contribution is -2.41. The van der Waals surface area contributed by atoms with Crippen molar-refractivity contribution in [1.82, 2.24) is 0 Å². The van der Waals surface area contributed by atoms with Crippen LogP contribution in [0.4, 0.5) is 0 Å². The number of nitrogens with zero attached hydrogens (tertiary/aromatic N) is 1. The predicted octanol–water partition coefficient (Wildman–Crippen LogP) is 7.92. The van der Waals surface area contributed by atoms with Crippen molar-refractivity contribution in [2.45, 2.75) is 81.1 Å². The van der Waals surface area contributed by atoms with Gasteiger partial charge < -0.3 is 0 Å². The first-order valence-corrected chi connectivity index (χ1v) is 11.0. The summed E-state index contributed by atoms with van der Waals surface area (Å²) in [5, 5.41) is 0. The van der Waals surface area contributed by atoms with Crippen molar-refractivity contribution >= 4 is 5.71 Å². The largest absolute Gasteiger partial charge is 0.261 e. The quantitative estimate of drug-likeness (QED) is 0.423. The van der Waals surface area contributed by atoms with Crippen LogP contribution in [-0.4, -0.2) is 5.71 Å². The molecule has 150 valence electrons. The van der Waals surface area contributed by atoms with E-state index in [0.717, 1.165) is 12.8 Å². The summed E-state index contributed by atoms with van der Waals surface area (Å²) in [5.41, 5.74) is 4.78. The van der Waals surface area contributed by atoms with Gasteiger partial charge in [-0.05, 0) is 60.3 Å². The third-order valence-electron chi connectivity index (χ3n) is 7.21. The number of hydrogen-bond donors (Lipinski definition) is 0. The van der Waals surface area contributed by atoms with Crippen molar-refractivity contribution < 1.29 is 0 Å². The summed E-state index contributed by atoms with van der Waals surface area (Å²) in [7, 11) is 0. The topological polar surface area (TPSA) is 12.4 Å². The molecule has 1 heteroatoms. The zero-order valence-corrected chi connectivity index (χ0v) is 19.0. The second-order valence-electron chi connectivity index (χ2n) is 9.54. The SMILES string of the molecule is C/C=C\N=C1\C2=CC=C(CC2C(C)(C=CCC)C(C)CC)C(C)(C)CC1C. The van der Waals surface area contributed by atoms with Crippen molar-refractivity contribution in [3.8, 4) is 0 Å². The molecule has 0 aliphatic heterocycles. The molecular weight excluding hydrogens is 326 g/mol. The molecule has 0 aromatic rings. The highest BCUT2D eigenvalue weighted by Crippen LogP contribution is 2.53. The highest BCUT2D eigenvalue weighted by atomic mass is 14.7. The van der Waals surface area contributed by atoms with Crippen LogP contribution in [0.2, 0.25) is 0 Å². The lowest BCUT2D eigenvalue weighted by molar-refractivity contribution is 0.174. The molecule has 27 heavy (non-hydrogen) atoms. The fourth-order valence-corrected chi connectivity index (χ4v) is 5.10. The summed E-state index contributed by atoms with van der Waals surface area (Å²) in [4.78, 5) is 4.97. The van der Waals surface area contributed by atoms with Crippen molar-refractivity contribution in [2.75, 3.05) is 0 Å². The molecule has 1 saturated carbocycles. The van der Waals surface area contributed by atoms with Crippen LogP contribution in [0.15, 0.2) is 52.7 Å². The van der Waals surface area contributed by atoms with Crippen LogP contribution in [0, 0.1) is 28.6 Å². The van der Waals surface area contributed by atoms with E-state index >= 15 is 0 Å². The van der Waals surface area contributed by atoms with E-state index in [-0.39, 0.29) is 10.8 Å². The second kappa shape index (κ2) is 8.76. The van der Waals surface area contributed by atoms with Gasteiger partial charge in [0.1, 0.15) is 0 Å². The van der Waals surface area contributed by atoms with E-state index in [1.807, 2.05) is 12.3 Å². The number of hydrogen-bond acceptors (Lipinski definition) is 1. The number of rotatable bonds is 6. The van der Waals surface area contributed by atoms with Crippen LogP contribution < -0.4 is 0 Å². The Morgan fingerprint density at radius 1 is 1.30 bits per heavy atom. The minimum Gasteiger partial charge on any atom is -0.261 e. The number of aliphatic imine (C=N–C) groups is 1. The summed E-state index contributed by atoms with van der Waals surface area (Å²) >= 11 is 0. The van der Waals surface area contributed by atoms with Gasteiger partial charge in [-0.2, -0.15) is 0 Å². The van der Waals surface area contributed by atoms with E-state index in [0.29, 0.717) is 17.8 Å². The number of fused-ring (bicyclic) bond motifs is 5. The van der Waals surface area contributed by atoms with Gasteiger partial charge in [-0.15, -0.1) is 0 Å². The zero-order chi connectivity index (χ0) is 20.2. The average Bonchev–Trinajstić information content (AvgIpc) is 2.64. The fourth-order valence-electron chi connectivity index (χ4n) is 5.10. The second-order valence-corrected chi connectivity index (χ2v) is 9.54. The van der Waals surface area contributed by atoms with Gasteiger partial charge in [0, 0.05) is 11.9 Å². The molecule has 0 saturated heterocycles. The first-order valence-electron chi connectivity index (χ1n) is 11.0. The minimum absolute atomic E-state index is 0.153. The molecule has 0 aromatic carbocycles. The number of allylic oxidation sites excluding steroid dienone is 7. The van der Waals surface area contributed by atoms with E-state index in [2.05, 4.69) is 79.7 Å². The standard InChI is InChI=1S/C26H41N/c1-9-12-15-26(8,20(5)11-3)23-17-21-13-14-22(23)24(27-16-10-2)19(4)18-25(21,6)7/h10,12-16,19-20,23H,9,11,17-18H2,1-8H3/b15-12?,16-10-,27-24+. The van der Waals surface area contributed by atoms with Gasteiger partial charge in [0.25, 0.3) is 0 Å². The predicted molar refractivity (Wildman–Crippen MR) is 121 cm³/mol. The van der Waals surface area contributed by atoms with Crippen molar-refractivity contribution in [3.05, 3.63) is 47.7 Å². The normalized spacial score (nSPS) is 30.1. The van der Waals surface area contributed by atoms with Gasteiger partial charge >= 0.3 is 0 Å². The Morgan fingerprint density at radius 3 is 2.59 bits per heavy atom. The average molecular weight is 368 g/mol. The molecule has 0 N–H and O–H groups in total. The molecule has 0 amide bonds. The van der Waals surface area contributed by atoms with E-state index in [1.54, 1.807) is 5.57 Å². The Morgan fingerprint density at radius 2 is 2.00 bits per heavy atom.